The van der Waals surface area contributed by atoms with Crippen molar-refractivity contribution in [1.29, 1.82) is 0 Å². The Hall–Kier alpha value is -1.98. The average Bonchev–Trinajstić information content (AvgIpc) is 2.43. The third kappa shape index (κ3) is 5.13. The summed E-state index contributed by atoms with van der Waals surface area (Å²) < 4.78 is 4.92. The lowest BCUT2D eigenvalue weighted by Crippen LogP contribution is -2.04. The van der Waals surface area contributed by atoms with Crippen molar-refractivity contribution in [2.75, 3.05) is 5.32 Å². The fourth-order valence-electron chi connectivity index (χ4n) is 1.53. The summed E-state index contributed by atoms with van der Waals surface area (Å²) in [6.07, 6.45) is 0. The highest BCUT2D eigenvalue weighted by Gasteiger charge is 2.06. The van der Waals surface area contributed by atoms with E-state index >= 15 is 0 Å². The first-order valence-electron chi connectivity index (χ1n) is 6.06. The van der Waals surface area contributed by atoms with Crippen molar-refractivity contribution in [3.05, 3.63) is 53.6 Å². The fraction of sp³-hybridized carbons (Fsp3) is 0.0667. The lowest BCUT2D eigenvalue weighted by Gasteiger charge is -2.05. The first-order chi connectivity index (χ1) is 10.0. The second-order valence-corrected chi connectivity index (χ2v) is 5.57. The first kappa shape index (κ1) is 15.4. The van der Waals surface area contributed by atoms with Gasteiger partial charge in [-0.1, -0.05) is 11.6 Å². The summed E-state index contributed by atoms with van der Waals surface area (Å²) in [5.41, 5.74) is 0.674. The molecule has 0 radical (unpaired) electrons. The lowest BCUT2D eigenvalue weighted by atomic mass is 10.3. The van der Waals surface area contributed by atoms with E-state index in [2.05, 4.69) is 5.32 Å². The molecular weight excluding hydrogens is 310 g/mol. The van der Waals surface area contributed by atoms with Crippen molar-refractivity contribution in [2.45, 2.75) is 11.8 Å². The van der Waals surface area contributed by atoms with E-state index in [0.29, 0.717) is 16.5 Å². The molecule has 0 saturated carbocycles. The SMILES string of the molecule is CC(=O)Oc1ccc(SC(=O)Nc2ccc(Cl)cc2)cc1. The number of thioether (sulfide) groups is 1. The Morgan fingerprint density at radius 1 is 1.05 bits per heavy atom. The number of anilines is 1. The van der Waals surface area contributed by atoms with Gasteiger partial charge >= 0.3 is 5.97 Å². The molecule has 0 aromatic heterocycles. The van der Waals surface area contributed by atoms with Gasteiger partial charge in [-0.2, -0.15) is 0 Å². The van der Waals surface area contributed by atoms with Gasteiger partial charge in [0.05, 0.1) is 0 Å². The number of hydrogen-bond acceptors (Lipinski definition) is 4. The molecule has 0 heterocycles. The Morgan fingerprint density at radius 2 is 1.67 bits per heavy atom. The van der Waals surface area contributed by atoms with Crippen molar-refractivity contribution < 1.29 is 14.3 Å². The monoisotopic (exact) mass is 321 g/mol. The normalized spacial score (nSPS) is 10.0. The molecule has 2 aromatic rings. The number of esters is 1. The van der Waals surface area contributed by atoms with Crippen LogP contribution in [0.25, 0.3) is 0 Å². The minimum absolute atomic E-state index is 0.211. The number of benzene rings is 2. The minimum atomic E-state index is -0.379. The number of amides is 1. The van der Waals surface area contributed by atoms with Gasteiger partial charge in [-0.25, -0.2) is 0 Å². The molecule has 0 atom stereocenters. The van der Waals surface area contributed by atoms with Gasteiger partial charge in [-0.3, -0.25) is 9.59 Å². The smallest absolute Gasteiger partial charge is 0.308 e. The molecule has 0 unspecified atom stereocenters. The van der Waals surface area contributed by atoms with Gasteiger partial charge < -0.3 is 10.1 Å². The van der Waals surface area contributed by atoms with E-state index in [4.69, 9.17) is 16.3 Å². The summed E-state index contributed by atoms with van der Waals surface area (Å²) in [6.45, 7) is 1.34. The molecule has 2 rings (SSSR count). The standard InChI is InChI=1S/C15H12ClNO3S/c1-10(18)20-13-6-8-14(9-7-13)21-15(19)17-12-4-2-11(16)3-5-12/h2-9H,1H3,(H,17,19). The quantitative estimate of drug-likeness (QED) is 0.510. The minimum Gasteiger partial charge on any atom is -0.427 e. The van der Waals surface area contributed by atoms with E-state index in [9.17, 15) is 9.59 Å². The molecule has 6 heteroatoms. The highest BCUT2D eigenvalue weighted by atomic mass is 35.5. The van der Waals surface area contributed by atoms with Crippen LogP contribution in [-0.4, -0.2) is 11.2 Å². The van der Waals surface area contributed by atoms with Crippen LogP contribution in [0.2, 0.25) is 5.02 Å². The zero-order valence-electron chi connectivity index (χ0n) is 11.1. The zero-order chi connectivity index (χ0) is 15.2. The summed E-state index contributed by atoms with van der Waals surface area (Å²) in [4.78, 5) is 23.4. The van der Waals surface area contributed by atoms with Gasteiger partial charge in [0.25, 0.3) is 5.24 Å². The molecule has 21 heavy (non-hydrogen) atoms. The molecular formula is C15H12ClNO3S. The van der Waals surface area contributed by atoms with Gasteiger partial charge in [-0.15, -0.1) is 0 Å². The Bertz CT molecular complexity index is 641. The summed E-state index contributed by atoms with van der Waals surface area (Å²) in [6, 6.07) is 13.6. The average molecular weight is 322 g/mol. The lowest BCUT2D eigenvalue weighted by molar-refractivity contribution is -0.131. The van der Waals surface area contributed by atoms with Crippen LogP contribution in [0.3, 0.4) is 0 Å². The Balaban J connectivity index is 1.93. The van der Waals surface area contributed by atoms with Crippen LogP contribution in [0.1, 0.15) is 6.92 Å². The van der Waals surface area contributed by atoms with Crippen molar-refractivity contribution in [3.8, 4) is 5.75 Å². The number of carbonyl (C=O) groups is 2. The molecule has 0 aliphatic carbocycles. The third-order valence-corrected chi connectivity index (χ3v) is 3.43. The molecule has 0 fully saturated rings. The summed E-state index contributed by atoms with van der Waals surface area (Å²) in [7, 11) is 0. The van der Waals surface area contributed by atoms with E-state index < -0.39 is 0 Å². The van der Waals surface area contributed by atoms with E-state index in [1.165, 1.54) is 6.92 Å². The van der Waals surface area contributed by atoms with E-state index in [-0.39, 0.29) is 11.2 Å². The maximum absolute atomic E-state index is 11.9. The Morgan fingerprint density at radius 3 is 2.24 bits per heavy atom. The molecule has 0 bridgehead atoms. The summed E-state index contributed by atoms with van der Waals surface area (Å²) in [5, 5.41) is 3.15. The maximum atomic E-state index is 11.9. The predicted octanol–water partition coefficient (Wildman–Crippen LogP) is 4.59. The largest absolute Gasteiger partial charge is 0.427 e. The van der Waals surface area contributed by atoms with Crippen LogP contribution in [0, 0.1) is 0 Å². The fourth-order valence-corrected chi connectivity index (χ4v) is 2.31. The topological polar surface area (TPSA) is 55.4 Å². The van der Waals surface area contributed by atoms with Gasteiger partial charge in [0.15, 0.2) is 0 Å². The van der Waals surface area contributed by atoms with Gasteiger partial charge in [0.1, 0.15) is 5.75 Å². The molecule has 2 aromatic carbocycles. The predicted molar refractivity (Wildman–Crippen MR) is 84.1 cm³/mol. The highest BCUT2D eigenvalue weighted by molar-refractivity contribution is 8.13. The third-order valence-electron chi connectivity index (χ3n) is 2.39. The van der Waals surface area contributed by atoms with E-state index in [1.54, 1.807) is 48.5 Å². The van der Waals surface area contributed by atoms with Crippen molar-refractivity contribution in [3.63, 3.8) is 0 Å². The molecule has 1 N–H and O–H groups in total. The van der Waals surface area contributed by atoms with Crippen molar-refractivity contribution in [2.24, 2.45) is 0 Å². The maximum Gasteiger partial charge on any atom is 0.308 e. The second-order valence-electron chi connectivity index (χ2n) is 4.09. The molecule has 4 nitrogen and oxygen atoms in total. The molecule has 0 aliphatic heterocycles. The van der Waals surface area contributed by atoms with E-state index in [1.807, 2.05) is 0 Å². The molecule has 1 amide bonds. The Kier molecular flexibility index (Phi) is 5.25. The van der Waals surface area contributed by atoms with Gasteiger partial charge in [-0.05, 0) is 60.3 Å². The molecule has 0 spiro atoms. The number of halogens is 1. The molecule has 108 valence electrons. The van der Waals surface area contributed by atoms with Gasteiger partial charge in [0, 0.05) is 22.5 Å². The Labute approximate surface area is 131 Å². The van der Waals surface area contributed by atoms with Crippen LogP contribution >= 0.6 is 23.4 Å². The van der Waals surface area contributed by atoms with Crippen LogP contribution < -0.4 is 10.1 Å². The van der Waals surface area contributed by atoms with Crippen LogP contribution in [0.5, 0.6) is 5.75 Å². The van der Waals surface area contributed by atoms with Crippen molar-refractivity contribution in [1.82, 2.24) is 0 Å². The number of carbonyl (C=O) groups excluding carboxylic acids is 2. The summed E-state index contributed by atoms with van der Waals surface area (Å²) >= 11 is 6.82. The zero-order valence-corrected chi connectivity index (χ0v) is 12.7. The number of rotatable bonds is 3. The number of hydrogen-bond donors (Lipinski definition) is 1. The van der Waals surface area contributed by atoms with Crippen molar-refractivity contribution >= 4 is 40.3 Å². The first-order valence-corrected chi connectivity index (χ1v) is 7.25. The van der Waals surface area contributed by atoms with Crippen LogP contribution in [-0.2, 0) is 4.79 Å². The summed E-state index contributed by atoms with van der Waals surface area (Å²) in [5.74, 6) is 0.0702. The molecule has 0 saturated heterocycles. The molecule has 0 aliphatic rings. The van der Waals surface area contributed by atoms with Crippen LogP contribution in [0.4, 0.5) is 10.5 Å². The highest BCUT2D eigenvalue weighted by Crippen LogP contribution is 2.24. The van der Waals surface area contributed by atoms with E-state index in [0.717, 1.165) is 16.7 Å². The van der Waals surface area contributed by atoms with Gasteiger partial charge in [0.2, 0.25) is 0 Å². The number of nitrogens with one attached hydrogen (secondary N) is 1. The second kappa shape index (κ2) is 7.15. The number of ether oxygens (including phenoxy) is 1. The van der Waals surface area contributed by atoms with Crippen LogP contribution in [0.15, 0.2) is 53.4 Å².